The quantitative estimate of drug-likeness (QED) is 0.351. The maximum atomic E-state index is 12.1. The Morgan fingerprint density at radius 2 is 1.28 bits per heavy atom. The van der Waals surface area contributed by atoms with Crippen molar-refractivity contribution in [3.05, 3.63) is 108 Å². The minimum Gasteiger partial charge on any atom is -0.467 e. The fourth-order valence-electron chi connectivity index (χ4n) is 3.72. The van der Waals surface area contributed by atoms with Gasteiger partial charge in [-0.1, -0.05) is 91.0 Å². The van der Waals surface area contributed by atoms with Crippen molar-refractivity contribution >= 4 is 24.1 Å². The maximum Gasteiger partial charge on any atom is 0.293 e. The van der Waals surface area contributed by atoms with Gasteiger partial charge in [0.1, 0.15) is 12.5 Å². The van der Waals surface area contributed by atoms with Crippen LogP contribution >= 0.6 is 11.8 Å². The molecular formula is C24H21NO3S. The third-order valence-electron chi connectivity index (χ3n) is 5.18. The second-order valence-corrected chi connectivity index (χ2v) is 8.22. The molecule has 0 spiro atoms. The third kappa shape index (κ3) is 3.66. The fraction of sp³-hybridized carbons (Fsp3) is 0.167. The van der Waals surface area contributed by atoms with Gasteiger partial charge in [-0.3, -0.25) is 9.59 Å². The van der Waals surface area contributed by atoms with E-state index in [-0.39, 0.29) is 23.8 Å². The summed E-state index contributed by atoms with van der Waals surface area (Å²) < 4.78 is 4.39. The summed E-state index contributed by atoms with van der Waals surface area (Å²) in [5.41, 5.74) is 3.37. The zero-order valence-electron chi connectivity index (χ0n) is 15.7. The van der Waals surface area contributed by atoms with Crippen molar-refractivity contribution in [2.24, 2.45) is 5.92 Å². The lowest BCUT2D eigenvalue weighted by atomic mass is 9.84. The van der Waals surface area contributed by atoms with Crippen LogP contribution < -0.4 is 5.32 Å². The first-order chi connectivity index (χ1) is 14.3. The van der Waals surface area contributed by atoms with E-state index in [1.54, 1.807) is 11.8 Å². The molecule has 5 heteroatoms. The number of β-lactam (4-membered cyclic amide) rings is 1. The van der Waals surface area contributed by atoms with Crippen molar-refractivity contribution in [1.29, 1.82) is 0 Å². The molecule has 0 radical (unpaired) electrons. The largest absolute Gasteiger partial charge is 0.467 e. The summed E-state index contributed by atoms with van der Waals surface area (Å²) in [6.07, 6.45) is 0. The third-order valence-corrected chi connectivity index (χ3v) is 6.94. The average molecular weight is 404 g/mol. The number of amides is 1. The number of thioether (sulfide) groups is 1. The number of ether oxygens (including phenoxy) is 1. The number of carbonyl (C=O) groups excluding carboxylic acids is 2. The highest BCUT2D eigenvalue weighted by Gasteiger charge is 2.48. The van der Waals surface area contributed by atoms with E-state index in [0.717, 1.165) is 16.7 Å². The van der Waals surface area contributed by atoms with E-state index >= 15 is 0 Å². The average Bonchev–Trinajstić information content (AvgIpc) is 2.78. The zero-order valence-corrected chi connectivity index (χ0v) is 16.5. The zero-order chi connectivity index (χ0) is 20.1. The smallest absolute Gasteiger partial charge is 0.293 e. The fourth-order valence-corrected chi connectivity index (χ4v) is 5.46. The van der Waals surface area contributed by atoms with E-state index in [4.69, 9.17) is 4.74 Å². The van der Waals surface area contributed by atoms with Crippen molar-refractivity contribution in [1.82, 2.24) is 5.32 Å². The van der Waals surface area contributed by atoms with Gasteiger partial charge in [-0.05, 0) is 16.7 Å². The molecule has 1 aliphatic rings. The Morgan fingerprint density at radius 1 is 0.828 bits per heavy atom. The van der Waals surface area contributed by atoms with E-state index < -0.39 is 4.75 Å². The molecule has 3 aromatic carbocycles. The Morgan fingerprint density at radius 3 is 1.66 bits per heavy atom. The molecule has 1 saturated heterocycles. The van der Waals surface area contributed by atoms with Crippen LogP contribution in [-0.4, -0.2) is 24.4 Å². The normalized spacial score (nSPS) is 18.4. The molecule has 1 N–H and O–H groups in total. The van der Waals surface area contributed by atoms with Gasteiger partial charge in [0.05, 0.1) is 10.1 Å². The highest BCUT2D eigenvalue weighted by atomic mass is 32.2. The molecule has 1 amide bonds. The minimum absolute atomic E-state index is 0.0848. The molecular weight excluding hydrogens is 382 g/mol. The van der Waals surface area contributed by atoms with Crippen LogP contribution in [0.1, 0.15) is 16.7 Å². The number of benzene rings is 3. The molecule has 1 fully saturated rings. The minimum atomic E-state index is -0.526. The molecule has 3 aromatic rings. The summed E-state index contributed by atoms with van der Waals surface area (Å²) in [7, 11) is 0. The molecule has 1 heterocycles. The van der Waals surface area contributed by atoms with Crippen LogP contribution in [0.4, 0.5) is 0 Å². The van der Waals surface area contributed by atoms with E-state index in [1.807, 2.05) is 54.6 Å². The van der Waals surface area contributed by atoms with Gasteiger partial charge in [-0.25, -0.2) is 0 Å². The second kappa shape index (κ2) is 8.53. The van der Waals surface area contributed by atoms with Crippen LogP contribution in [0, 0.1) is 5.92 Å². The van der Waals surface area contributed by atoms with E-state index in [9.17, 15) is 9.59 Å². The number of rotatable bonds is 8. The van der Waals surface area contributed by atoms with Crippen LogP contribution in [0.15, 0.2) is 91.0 Å². The summed E-state index contributed by atoms with van der Waals surface area (Å²) in [6, 6.07) is 30.9. The highest BCUT2D eigenvalue weighted by Crippen LogP contribution is 2.52. The van der Waals surface area contributed by atoms with Gasteiger partial charge in [-0.15, -0.1) is 11.8 Å². The topological polar surface area (TPSA) is 55.4 Å². The van der Waals surface area contributed by atoms with Crippen LogP contribution in [0.3, 0.4) is 0 Å². The summed E-state index contributed by atoms with van der Waals surface area (Å²) in [5.74, 6) is -0.465. The lowest BCUT2D eigenvalue weighted by Crippen LogP contribution is -2.59. The molecule has 2 unspecified atom stereocenters. The number of carbonyl (C=O) groups is 2. The molecule has 0 aliphatic carbocycles. The predicted molar refractivity (Wildman–Crippen MR) is 114 cm³/mol. The van der Waals surface area contributed by atoms with Crippen molar-refractivity contribution in [3.8, 4) is 0 Å². The number of hydrogen-bond donors (Lipinski definition) is 1. The molecule has 0 saturated carbocycles. The van der Waals surface area contributed by atoms with Gasteiger partial charge in [-0.2, -0.15) is 0 Å². The van der Waals surface area contributed by atoms with Crippen molar-refractivity contribution in [2.45, 2.75) is 10.1 Å². The first-order valence-corrected chi connectivity index (χ1v) is 10.3. The summed E-state index contributed by atoms with van der Waals surface area (Å²) >= 11 is 1.67. The molecule has 4 rings (SSSR count). The monoisotopic (exact) mass is 403 g/mol. The summed E-state index contributed by atoms with van der Waals surface area (Å²) in [5, 5.41) is 2.82. The first-order valence-electron chi connectivity index (χ1n) is 9.46. The summed E-state index contributed by atoms with van der Waals surface area (Å²) in [4.78, 5) is 22.8. The van der Waals surface area contributed by atoms with Crippen molar-refractivity contribution < 1.29 is 14.3 Å². The molecule has 4 nitrogen and oxygen atoms in total. The Kier molecular flexibility index (Phi) is 5.67. The second-order valence-electron chi connectivity index (χ2n) is 6.86. The van der Waals surface area contributed by atoms with Crippen LogP contribution in [-0.2, 0) is 19.1 Å². The Bertz CT molecular complexity index is 867. The van der Waals surface area contributed by atoms with Gasteiger partial charge in [0, 0.05) is 0 Å². The number of hydrogen-bond acceptors (Lipinski definition) is 4. The molecule has 0 aromatic heterocycles. The van der Waals surface area contributed by atoms with Crippen LogP contribution in [0.25, 0.3) is 0 Å². The Hall–Kier alpha value is -3.05. The lowest BCUT2D eigenvalue weighted by Gasteiger charge is -2.44. The molecule has 2 atom stereocenters. The van der Waals surface area contributed by atoms with E-state index in [2.05, 4.69) is 41.7 Å². The van der Waals surface area contributed by atoms with Crippen LogP contribution in [0.2, 0.25) is 0 Å². The van der Waals surface area contributed by atoms with Gasteiger partial charge in [0.15, 0.2) is 0 Å². The van der Waals surface area contributed by atoms with Crippen molar-refractivity contribution in [2.75, 3.05) is 6.61 Å². The molecule has 29 heavy (non-hydrogen) atoms. The van der Waals surface area contributed by atoms with Gasteiger partial charge in [0.2, 0.25) is 5.91 Å². The highest BCUT2D eigenvalue weighted by molar-refractivity contribution is 8.01. The lowest BCUT2D eigenvalue weighted by molar-refractivity contribution is -0.139. The standard InChI is InChI=1S/C24H21NO3S/c26-17-28-16-21-22(27)25-23(21)29-24(18-10-4-1-5-11-18,19-12-6-2-7-13-19)20-14-8-3-9-15-20/h1-15,17,21,23H,16H2,(H,25,27). The summed E-state index contributed by atoms with van der Waals surface area (Å²) in [6.45, 7) is 0.480. The van der Waals surface area contributed by atoms with Gasteiger partial charge in [0.25, 0.3) is 6.47 Å². The van der Waals surface area contributed by atoms with Crippen molar-refractivity contribution in [3.63, 3.8) is 0 Å². The SMILES string of the molecule is O=COCC1C(=O)NC1SC(c1ccccc1)(c1ccccc1)c1ccccc1. The molecule has 1 aliphatic heterocycles. The number of nitrogens with one attached hydrogen (secondary N) is 1. The first kappa shape index (κ1) is 19.3. The Labute approximate surface area is 174 Å². The Balaban J connectivity index is 1.84. The van der Waals surface area contributed by atoms with Gasteiger partial charge >= 0.3 is 0 Å². The van der Waals surface area contributed by atoms with E-state index in [1.165, 1.54) is 0 Å². The van der Waals surface area contributed by atoms with Gasteiger partial charge < -0.3 is 10.1 Å². The maximum absolute atomic E-state index is 12.1. The molecule has 146 valence electrons. The van der Waals surface area contributed by atoms with Crippen LogP contribution in [0.5, 0.6) is 0 Å². The van der Waals surface area contributed by atoms with E-state index in [0.29, 0.717) is 6.47 Å². The molecule has 0 bridgehead atoms. The predicted octanol–water partition coefficient (Wildman–Crippen LogP) is 3.96.